The van der Waals surface area contributed by atoms with Crippen molar-refractivity contribution in [2.24, 2.45) is 0 Å². The first-order chi connectivity index (χ1) is 13.0. The minimum absolute atomic E-state index is 0.161. The van der Waals surface area contributed by atoms with Crippen LogP contribution in [0.25, 0.3) is 33.4 Å². The summed E-state index contributed by atoms with van der Waals surface area (Å²) in [6.45, 7) is 1.88. The van der Waals surface area contributed by atoms with Gasteiger partial charge in [0.25, 0.3) is 0 Å². The molecule has 1 N–H and O–H groups in total. The highest BCUT2D eigenvalue weighted by Gasteiger charge is 2.15. The van der Waals surface area contributed by atoms with Gasteiger partial charge in [0.05, 0.1) is 18.2 Å². The maximum atomic E-state index is 12.5. The van der Waals surface area contributed by atoms with Gasteiger partial charge in [0.1, 0.15) is 10.8 Å². The number of aromatic nitrogens is 3. The van der Waals surface area contributed by atoms with Crippen molar-refractivity contribution in [1.29, 1.82) is 0 Å². The molecular formula is C21H16ClN3O2. The van der Waals surface area contributed by atoms with Crippen LogP contribution in [0.3, 0.4) is 0 Å². The van der Waals surface area contributed by atoms with Crippen LogP contribution in [0.15, 0.2) is 59.4 Å². The number of H-pyrrole nitrogens is 1. The van der Waals surface area contributed by atoms with Crippen molar-refractivity contribution in [1.82, 2.24) is 15.0 Å². The van der Waals surface area contributed by atoms with Crippen LogP contribution in [-0.4, -0.2) is 22.1 Å². The number of hydrogen-bond acceptors (Lipinski definition) is 4. The number of rotatable bonds is 3. The quantitative estimate of drug-likeness (QED) is 0.529. The summed E-state index contributed by atoms with van der Waals surface area (Å²) in [6.07, 6.45) is 0. The Morgan fingerprint density at radius 3 is 2.48 bits per heavy atom. The van der Waals surface area contributed by atoms with Crippen molar-refractivity contribution in [3.63, 3.8) is 0 Å². The number of halogens is 1. The van der Waals surface area contributed by atoms with Gasteiger partial charge < -0.3 is 9.72 Å². The average Bonchev–Trinajstić information content (AvgIpc) is 2.67. The second-order valence-corrected chi connectivity index (χ2v) is 6.56. The summed E-state index contributed by atoms with van der Waals surface area (Å²) in [5, 5.41) is 0.879. The third-order valence-electron chi connectivity index (χ3n) is 4.29. The lowest BCUT2D eigenvalue weighted by molar-refractivity contribution is 0.399. The van der Waals surface area contributed by atoms with Gasteiger partial charge in [0.2, 0.25) is 0 Å². The molecule has 0 amide bonds. The Bertz CT molecular complexity index is 1180. The summed E-state index contributed by atoms with van der Waals surface area (Å²) < 4.78 is 5.17. The van der Waals surface area contributed by atoms with Gasteiger partial charge in [0, 0.05) is 22.9 Å². The fourth-order valence-electron chi connectivity index (χ4n) is 3.08. The maximum Gasteiger partial charge on any atom is 0.196 e. The summed E-state index contributed by atoms with van der Waals surface area (Å²) in [6, 6.07) is 16.8. The molecule has 1 aromatic carbocycles. The highest BCUT2D eigenvalue weighted by Crippen LogP contribution is 2.33. The van der Waals surface area contributed by atoms with Crippen LogP contribution in [0.4, 0.5) is 0 Å². The van der Waals surface area contributed by atoms with E-state index in [0.29, 0.717) is 22.1 Å². The molecule has 0 fully saturated rings. The Morgan fingerprint density at radius 1 is 1.00 bits per heavy atom. The molecule has 0 saturated heterocycles. The fourth-order valence-corrected chi connectivity index (χ4v) is 3.33. The van der Waals surface area contributed by atoms with Crippen molar-refractivity contribution in [2.75, 3.05) is 7.11 Å². The monoisotopic (exact) mass is 377 g/mol. The normalized spacial score (nSPS) is 10.9. The van der Waals surface area contributed by atoms with Gasteiger partial charge in [-0.3, -0.25) is 4.79 Å². The van der Waals surface area contributed by atoms with Crippen LogP contribution in [0.2, 0.25) is 5.15 Å². The number of pyridine rings is 3. The molecule has 5 nitrogen and oxygen atoms in total. The SMILES string of the molecule is COc1cc(=O)c2cc(-c3cc(C)nc(Cl)c3)c(-c3ccccc3)nc2[nH]1. The first-order valence-corrected chi connectivity index (χ1v) is 8.75. The summed E-state index contributed by atoms with van der Waals surface area (Å²) in [5.74, 6) is 0.370. The van der Waals surface area contributed by atoms with Crippen molar-refractivity contribution in [3.8, 4) is 28.3 Å². The largest absolute Gasteiger partial charge is 0.482 e. The van der Waals surface area contributed by atoms with Crippen LogP contribution in [-0.2, 0) is 0 Å². The Morgan fingerprint density at radius 2 is 1.78 bits per heavy atom. The number of hydrogen-bond donors (Lipinski definition) is 1. The van der Waals surface area contributed by atoms with Gasteiger partial charge in [-0.2, -0.15) is 0 Å². The molecular weight excluding hydrogens is 362 g/mol. The molecule has 134 valence electrons. The van der Waals surface area contributed by atoms with Crippen LogP contribution in [0.5, 0.6) is 5.88 Å². The molecule has 0 aliphatic heterocycles. The van der Waals surface area contributed by atoms with E-state index < -0.39 is 0 Å². The topological polar surface area (TPSA) is 67.9 Å². The van der Waals surface area contributed by atoms with Gasteiger partial charge in [-0.05, 0) is 30.7 Å². The smallest absolute Gasteiger partial charge is 0.196 e. The lowest BCUT2D eigenvalue weighted by atomic mass is 9.98. The summed E-state index contributed by atoms with van der Waals surface area (Å²) in [5.41, 5.74) is 4.45. The first-order valence-electron chi connectivity index (χ1n) is 8.37. The molecule has 4 aromatic rings. The minimum atomic E-state index is -0.161. The minimum Gasteiger partial charge on any atom is -0.482 e. The lowest BCUT2D eigenvalue weighted by Gasteiger charge is -2.12. The molecule has 6 heteroatoms. The zero-order chi connectivity index (χ0) is 19.0. The molecule has 3 aromatic heterocycles. The molecule has 0 spiro atoms. The Kier molecular flexibility index (Phi) is 4.38. The maximum absolute atomic E-state index is 12.5. The molecule has 27 heavy (non-hydrogen) atoms. The molecule has 4 rings (SSSR count). The Labute approximate surface area is 160 Å². The van der Waals surface area contributed by atoms with Crippen molar-refractivity contribution in [3.05, 3.63) is 75.7 Å². The lowest BCUT2D eigenvalue weighted by Crippen LogP contribution is -2.06. The molecule has 0 unspecified atom stereocenters. The van der Waals surface area contributed by atoms with Crippen LogP contribution < -0.4 is 10.2 Å². The first kappa shape index (κ1) is 17.2. The third kappa shape index (κ3) is 3.29. The zero-order valence-electron chi connectivity index (χ0n) is 14.8. The summed E-state index contributed by atoms with van der Waals surface area (Å²) in [4.78, 5) is 24.6. The second-order valence-electron chi connectivity index (χ2n) is 6.17. The predicted octanol–water partition coefficient (Wildman–Crippen LogP) is 4.62. The molecule has 0 aliphatic rings. The van der Waals surface area contributed by atoms with E-state index in [1.54, 1.807) is 6.07 Å². The van der Waals surface area contributed by atoms with Crippen molar-refractivity contribution >= 4 is 22.6 Å². The number of fused-ring (bicyclic) bond motifs is 1. The molecule has 0 atom stereocenters. The van der Waals surface area contributed by atoms with E-state index in [1.807, 2.05) is 49.4 Å². The summed E-state index contributed by atoms with van der Waals surface area (Å²) in [7, 11) is 1.51. The van der Waals surface area contributed by atoms with Crippen LogP contribution in [0, 0.1) is 6.92 Å². The average molecular weight is 378 g/mol. The fraction of sp³-hybridized carbons (Fsp3) is 0.0952. The molecule has 3 heterocycles. The van der Waals surface area contributed by atoms with E-state index >= 15 is 0 Å². The number of ether oxygens (including phenoxy) is 1. The van der Waals surface area contributed by atoms with E-state index in [9.17, 15) is 4.79 Å². The van der Waals surface area contributed by atoms with E-state index in [-0.39, 0.29) is 5.43 Å². The van der Waals surface area contributed by atoms with Gasteiger partial charge >= 0.3 is 0 Å². The standard InChI is InChI=1S/C21H16ClN3O2/c1-12-8-14(9-18(22)23-12)15-10-16-17(26)11-19(27-2)24-21(16)25-20(15)13-6-4-3-5-7-13/h3-11H,1-2H3,(H,24,25,26). The van der Waals surface area contributed by atoms with Crippen LogP contribution >= 0.6 is 11.6 Å². The van der Waals surface area contributed by atoms with Crippen molar-refractivity contribution < 1.29 is 4.74 Å². The molecule has 0 saturated carbocycles. The summed E-state index contributed by atoms with van der Waals surface area (Å²) >= 11 is 6.17. The highest BCUT2D eigenvalue weighted by atomic mass is 35.5. The highest BCUT2D eigenvalue weighted by molar-refractivity contribution is 6.29. The number of methoxy groups -OCH3 is 1. The van der Waals surface area contributed by atoms with E-state index in [1.165, 1.54) is 13.2 Å². The number of aromatic amines is 1. The number of aryl methyl sites for hydroxylation is 1. The van der Waals surface area contributed by atoms with Crippen LogP contribution in [0.1, 0.15) is 5.69 Å². The van der Waals surface area contributed by atoms with E-state index in [2.05, 4.69) is 9.97 Å². The van der Waals surface area contributed by atoms with E-state index in [4.69, 9.17) is 21.3 Å². The Balaban J connectivity index is 2.09. The molecule has 0 radical (unpaired) electrons. The third-order valence-corrected chi connectivity index (χ3v) is 4.49. The van der Waals surface area contributed by atoms with Crippen molar-refractivity contribution in [2.45, 2.75) is 6.92 Å². The molecule has 0 bridgehead atoms. The molecule has 0 aliphatic carbocycles. The number of nitrogens with one attached hydrogen (secondary N) is 1. The Hall–Kier alpha value is -3.18. The number of benzene rings is 1. The zero-order valence-corrected chi connectivity index (χ0v) is 15.5. The predicted molar refractivity (Wildman–Crippen MR) is 107 cm³/mol. The van der Waals surface area contributed by atoms with Gasteiger partial charge in [-0.1, -0.05) is 41.9 Å². The second kappa shape index (κ2) is 6.85. The number of nitrogens with zero attached hydrogens (tertiary/aromatic N) is 2. The van der Waals surface area contributed by atoms with Gasteiger partial charge in [0.15, 0.2) is 11.3 Å². The van der Waals surface area contributed by atoms with E-state index in [0.717, 1.165) is 28.1 Å². The van der Waals surface area contributed by atoms with Gasteiger partial charge in [-0.25, -0.2) is 9.97 Å². The van der Waals surface area contributed by atoms with Gasteiger partial charge in [-0.15, -0.1) is 0 Å².